The molecule has 8 nitrogen and oxygen atoms in total. The molecule has 2 heterocycles. The predicted molar refractivity (Wildman–Crippen MR) is 78.0 cm³/mol. The van der Waals surface area contributed by atoms with E-state index in [0.29, 0.717) is 10.7 Å². The zero-order chi connectivity index (χ0) is 15.6. The molecular formula is C12H15ClN6O2. The molecule has 21 heavy (non-hydrogen) atoms. The Morgan fingerprint density at radius 1 is 1.43 bits per heavy atom. The molecule has 0 saturated carbocycles. The molecule has 112 valence electrons. The Kier molecular flexibility index (Phi) is 4.27. The van der Waals surface area contributed by atoms with Gasteiger partial charge in [0.2, 0.25) is 5.91 Å². The minimum absolute atomic E-state index is 0.0988. The smallest absolute Gasteiger partial charge is 0.322 e. The van der Waals surface area contributed by atoms with E-state index in [2.05, 4.69) is 20.7 Å². The molecule has 0 aliphatic rings. The van der Waals surface area contributed by atoms with Gasteiger partial charge in [-0.05, 0) is 12.0 Å². The van der Waals surface area contributed by atoms with Gasteiger partial charge in [0.1, 0.15) is 6.04 Å². The zero-order valence-corrected chi connectivity index (χ0v) is 12.3. The van der Waals surface area contributed by atoms with E-state index in [9.17, 15) is 9.59 Å². The minimum Gasteiger partial charge on any atom is -0.368 e. The summed E-state index contributed by atoms with van der Waals surface area (Å²) in [7, 11) is 0. The molecule has 0 saturated heterocycles. The topological polar surface area (TPSA) is 114 Å². The Balaban J connectivity index is 2.09. The van der Waals surface area contributed by atoms with Crippen molar-refractivity contribution in [3.63, 3.8) is 0 Å². The molecule has 2 aromatic heterocycles. The number of anilines is 1. The molecule has 0 radical (unpaired) electrons. The number of carbonyl (C=O) groups is 2. The Labute approximate surface area is 125 Å². The summed E-state index contributed by atoms with van der Waals surface area (Å²) >= 11 is 5.84. The number of nitrogens with one attached hydrogen (secondary N) is 2. The van der Waals surface area contributed by atoms with Crippen LogP contribution in [0.1, 0.15) is 13.8 Å². The van der Waals surface area contributed by atoms with Gasteiger partial charge in [-0.3, -0.25) is 10.1 Å². The number of carbonyl (C=O) groups excluding carboxylic acids is 2. The van der Waals surface area contributed by atoms with E-state index in [0.717, 1.165) is 0 Å². The van der Waals surface area contributed by atoms with E-state index in [1.165, 1.54) is 4.52 Å². The average molecular weight is 311 g/mol. The second kappa shape index (κ2) is 5.96. The first-order valence-electron chi connectivity index (χ1n) is 6.25. The van der Waals surface area contributed by atoms with Gasteiger partial charge in [-0.15, -0.1) is 5.10 Å². The summed E-state index contributed by atoms with van der Waals surface area (Å²) in [5.41, 5.74) is 5.72. The maximum absolute atomic E-state index is 11.8. The third-order valence-corrected chi connectivity index (χ3v) is 3.02. The van der Waals surface area contributed by atoms with Crippen LogP contribution in [0, 0.1) is 5.92 Å². The number of amides is 3. The maximum atomic E-state index is 11.8. The molecule has 0 unspecified atom stereocenters. The standard InChI is InChI=1S/C12H15ClN6O2/c1-6(2)9(10(14)20)16-12(21)17-11-15-8-5-7(13)3-4-19(8)18-11/h3-6,9H,1-2H3,(H2,14,20)(H2,16,17,18,21)/t9-/m1/s1. The van der Waals surface area contributed by atoms with Gasteiger partial charge in [0.05, 0.1) is 0 Å². The lowest BCUT2D eigenvalue weighted by Gasteiger charge is -2.18. The lowest BCUT2D eigenvalue weighted by atomic mass is 10.0. The molecule has 9 heteroatoms. The van der Waals surface area contributed by atoms with Crippen molar-refractivity contribution in [2.24, 2.45) is 11.7 Å². The first-order valence-corrected chi connectivity index (χ1v) is 6.63. The van der Waals surface area contributed by atoms with E-state index in [-0.39, 0.29) is 11.9 Å². The fourth-order valence-corrected chi connectivity index (χ4v) is 1.91. The second-order valence-electron chi connectivity index (χ2n) is 4.81. The number of hydrogen-bond acceptors (Lipinski definition) is 4. The second-order valence-corrected chi connectivity index (χ2v) is 5.24. The van der Waals surface area contributed by atoms with Crippen LogP contribution >= 0.6 is 11.6 Å². The van der Waals surface area contributed by atoms with Crippen LogP contribution in [-0.4, -0.2) is 32.6 Å². The van der Waals surface area contributed by atoms with Crippen molar-refractivity contribution in [2.45, 2.75) is 19.9 Å². The summed E-state index contributed by atoms with van der Waals surface area (Å²) in [5.74, 6) is -0.627. The van der Waals surface area contributed by atoms with E-state index in [4.69, 9.17) is 17.3 Å². The molecule has 0 aliphatic heterocycles. The Morgan fingerprint density at radius 3 is 2.76 bits per heavy atom. The van der Waals surface area contributed by atoms with Gasteiger partial charge in [0.25, 0.3) is 5.95 Å². The fourth-order valence-electron chi connectivity index (χ4n) is 1.75. The summed E-state index contributed by atoms with van der Waals surface area (Å²) in [6.07, 6.45) is 1.62. The maximum Gasteiger partial charge on any atom is 0.322 e. The number of nitrogens with two attached hydrogens (primary N) is 1. The first kappa shape index (κ1) is 15.0. The Bertz CT molecular complexity index is 683. The molecule has 0 spiro atoms. The number of halogens is 1. The molecule has 2 aromatic rings. The molecule has 0 aromatic carbocycles. The third kappa shape index (κ3) is 3.60. The van der Waals surface area contributed by atoms with Crippen molar-refractivity contribution in [2.75, 3.05) is 5.32 Å². The van der Waals surface area contributed by atoms with Crippen molar-refractivity contribution in [3.05, 3.63) is 23.4 Å². The van der Waals surface area contributed by atoms with Crippen molar-refractivity contribution in [1.82, 2.24) is 19.9 Å². The number of primary amides is 1. The van der Waals surface area contributed by atoms with Crippen molar-refractivity contribution in [1.29, 1.82) is 0 Å². The molecule has 0 bridgehead atoms. The van der Waals surface area contributed by atoms with Gasteiger partial charge in [0, 0.05) is 17.3 Å². The summed E-state index contributed by atoms with van der Waals surface area (Å²) in [4.78, 5) is 27.2. The van der Waals surface area contributed by atoms with E-state index in [1.54, 1.807) is 32.2 Å². The molecule has 3 amide bonds. The third-order valence-electron chi connectivity index (χ3n) is 2.78. The van der Waals surface area contributed by atoms with Crippen LogP contribution in [0.2, 0.25) is 5.02 Å². The monoisotopic (exact) mass is 310 g/mol. The van der Waals surface area contributed by atoms with Crippen LogP contribution in [-0.2, 0) is 4.79 Å². The lowest BCUT2D eigenvalue weighted by Crippen LogP contribution is -2.49. The minimum atomic E-state index is -0.767. The van der Waals surface area contributed by atoms with Gasteiger partial charge in [0.15, 0.2) is 5.65 Å². The number of rotatable bonds is 4. The highest BCUT2D eigenvalue weighted by Crippen LogP contribution is 2.12. The SMILES string of the molecule is CC(C)[C@@H](NC(=O)Nc1nc2cc(Cl)ccn2n1)C(N)=O. The van der Waals surface area contributed by atoms with Crippen molar-refractivity contribution in [3.8, 4) is 0 Å². The van der Waals surface area contributed by atoms with Crippen LogP contribution in [0.25, 0.3) is 5.65 Å². The highest BCUT2D eigenvalue weighted by atomic mass is 35.5. The van der Waals surface area contributed by atoms with Gasteiger partial charge < -0.3 is 11.1 Å². The highest BCUT2D eigenvalue weighted by Gasteiger charge is 2.22. The Morgan fingerprint density at radius 2 is 2.14 bits per heavy atom. The number of pyridine rings is 1. The average Bonchev–Trinajstić information content (AvgIpc) is 2.76. The van der Waals surface area contributed by atoms with Gasteiger partial charge in [-0.25, -0.2) is 9.31 Å². The van der Waals surface area contributed by atoms with Crippen LogP contribution in [0.3, 0.4) is 0 Å². The molecule has 4 N–H and O–H groups in total. The van der Waals surface area contributed by atoms with E-state index >= 15 is 0 Å². The number of urea groups is 1. The Hall–Kier alpha value is -2.35. The van der Waals surface area contributed by atoms with Crippen molar-refractivity contribution < 1.29 is 9.59 Å². The highest BCUT2D eigenvalue weighted by molar-refractivity contribution is 6.30. The number of aromatic nitrogens is 3. The summed E-state index contributed by atoms with van der Waals surface area (Å²) < 4.78 is 1.47. The number of nitrogens with zero attached hydrogens (tertiary/aromatic N) is 3. The molecule has 0 fully saturated rings. The molecule has 0 aliphatic carbocycles. The van der Waals surface area contributed by atoms with Crippen LogP contribution in [0.5, 0.6) is 0 Å². The van der Waals surface area contributed by atoms with E-state index in [1.807, 2.05) is 0 Å². The zero-order valence-electron chi connectivity index (χ0n) is 11.5. The number of fused-ring (bicyclic) bond motifs is 1. The van der Waals surface area contributed by atoms with Crippen LogP contribution in [0.4, 0.5) is 10.7 Å². The van der Waals surface area contributed by atoms with Gasteiger partial charge in [-0.1, -0.05) is 25.4 Å². The molecular weight excluding hydrogens is 296 g/mol. The molecule has 1 atom stereocenters. The first-order chi connectivity index (χ1) is 9.86. The quantitative estimate of drug-likeness (QED) is 0.781. The van der Waals surface area contributed by atoms with Crippen LogP contribution < -0.4 is 16.4 Å². The van der Waals surface area contributed by atoms with Gasteiger partial charge in [-0.2, -0.15) is 4.98 Å². The predicted octanol–water partition coefficient (Wildman–Crippen LogP) is 1.01. The largest absolute Gasteiger partial charge is 0.368 e. The normalized spacial score (nSPS) is 12.4. The molecule has 2 rings (SSSR count). The van der Waals surface area contributed by atoms with Gasteiger partial charge >= 0.3 is 6.03 Å². The fraction of sp³-hybridized carbons (Fsp3) is 0.333. The van der Waals surface area contributed by atoms with Crippen molar-refractivity contribution >= 4 is 35.1 Å². The summed E-state index contributed by atoms with van der Waals surface area (Å²) in [6.45, 7) is 3.56. The number of hydrogen-bond donors (Lipinski definition) is 3. The summed E-state index contributed by atoms with van der Waals surface area (Å²) in [6, 6.07) is 1.89. The lowest BCUT2D eigenvalue weighted by molar-refractivity contribution is -0.120. The summed E-state index contributed by atoms with van der Waals surface area (Å²) in [5, 5.41) is 9.49. The van der Waals surface area contributed by atoms with E-state index < -0.39 is 18.0 Å². The van der Waals surface area contributed by atoms with Crippen LogP contribution in [0.15, 0.2) is 18.3 Å².